The van der Waals surface area contributed by atoms with Crippen LogP contribution < -0.4 is 14.8 Å². The van der Waals surface area contributed by atoms with Crippen molar-refractivity contribution in [1.29, 1.82) is 0 Å². The zero-order chi connectivity index (χ0) is 19.8. The van der Waals surface area contributed by atoms with E-state index in [0.29, 0.717) is 37.0 Å². The molecule has 1 aromatic heterocycles. The molecule has 0 saturated carbocycles. The fourth-order valence-corrected chi connectivity index (χ4v) is 4.06. The molecule has 0 spiro atoms. The maximum Gasteiger partial charge on any atom is 0.247 e. The van der Waals surface area contributed by atoms with Crippen LogP contribution in [0.2, 0.25) is 0 Å². The summed E-state index contributed by atoms with van der Waals surface area (Å²) in [5.41, 5.74) is 2.95. The summed E-state index contributed by atoms with van der Waals surface area (Å²) in [5, 5.41) is 22.6. The Morgan fingerprint density at radius 3 is 2.75 bits per heavy atom. The number of nitrogens with zero attached hydrogens (tertiary/aromatic N) is 3. The summed E-state index contributed by atoms with van der Waals surface area (Å²) < 4.78 is 12.6. The van der Waals surface area contributed by atoms with Gasteiger partial charge in [0, 0.05) is 21.3 Å². The van der Waals surface area contributed by atoms with Gasteiger partial charge < -0.3 is 19.9 Å². The molecule has 2 heterocycles. The number of rotatable bonds is 3. The fourth-order valence-electron chi connectivity index (χ4n) is 2.83. The van der Waals surface area contributed by atoms with Crippen molar-refractivity contribution in [3.05, 3.63) is 44.8 Å². The van der Waals surface area contributed by atoms with Crippen molar-refractivity contribution < 1.29 is 14.6 Å². The van der Waals surface area contributed by atoms with Gasteiger partial charge in [-0.3, -0.25) is 0 Å². The predicted molar refractivity (Wildman–Crippen MR) is 114 cm³/mol. The summed E-state index contributed by atoms with van der Waals surface area (Å²) >= 11 is 8.31. The molecule has 28 heavy (non-hydrogen) atoms. The average Bonchev–Trinajstić information content (AvgIpc) is 2.88. The lowest BCUT2D eigenvalue weighted by Gasteiger charge is -2.22. The number of hydrogen-bond acceptors (Lipinski definition) is 8. The van der Waals surface area contributed by atoms with E-state index in [-0.39, 0.29) is 5.75 Å². The Kier molecular flexibility index (Phi) is 5.35. The summed E-state index contributed by atoms with van der Waals surface area (Å²) in [6.45, 7) is 0. The Balaban J connectivity index is 1.90. The molecule has 4 rings (SSSR count). The van der Waals surface area contributed by atoms with E-state index in [1.165, 1.54) is 18.9 Å². The van der Waals surface area contributed by atoms with E-state index >= 15 is 0 Å². The molecular formula is C18H14Br2N4O3S. The number of aromatic hydroxyl groups is 1. The van der Waals surface area contributed by atoms with E-state index in [1.807, 2.05) is 30.5 Å². The molecule has 1 aliphatic heterocycles. The average molecular weight is 526 g/mol. The number of fused-ring (bicyclic) bond motifs is 3. The third-order valence-corrected chi connectivity index (χ3v) is 6.89. The van der Waals surface area contributed by atoms with Crippen LogP contribution in [0.15, 0.2) is 44.4 Å². The number of ether oxygens (including phenoxy) is 2. The first-order valence-electron chi connectivity index (χ1n) is 8.09. The van der Waals surface area contributed by atoms with E-state index in [2.05, 4.69) is 52.4 Å². The summed E-state index contributed by atoms with van der Waals surface area (Å²) in [4.78, 5) is 4.50. The van der Waals surface area contributed by atoms with Crippen LogP contribution in [0, 0.1) is 0 Å². The maximum absolute atomic E-state index is 10.2. The predicted octanol–water partition coefficient (Wildman–Crippen LogP) is 5.00. The lowest BCUT2D eigenvalue weighted by Crippen LogP contribution is -2.18. The van der Waals surface area contributed by atoms with E-state index in [0.717, 1.165) is 11.3 Å². The number of para-hydroxylation sites is 1. The van der Waals surface area contributed by atoms with Crippen LogP contribution in [-0.2, 0) is 0 Å². The van der Waals surface area contributed by atoms with Gasteiger partial charge in [-0.15, -0.1) is 10.2 Å². The molecule has 0 bridgehead atoms. The second kappa shape index (κ2) is 7.76. The van der Waals surface area contributed by atoms with Gasteiger partial charge in [0.15, 0.2) is 23.4 Å². The minimum Gasteiger partial charge on any atom is -0.503 e. The van der Waals surface area contributed by atoms with Gasteiger partial charge in [-0.2, -0.15) is 4.98 Å². The van der Waals surface area contributed by atoms with Gasteiger partial charge in [0.1, 0.15) is 0 Å². The Hall–Kier alpha value is -2.04. The zero-order valence-corrected chi connectivity index (χ0v) is 18.7. The Labute approximate surface area is 182 Å². The fraction of sp³-hybridized carbons (Fsp3) is 0.167. The Morgan fingerprint density at radius 1 is 1.21 bits per heavy atom. The monoisotopic (exact) mass is 524 g/mol. The zero-order valence-electron chi connectivity index (χ0n) is 14.7. The summed E-state index contributed by atoms with van der Waals surface area (Å²) in [7, 11) is 1.49. The van der Waals surface area contributed by atoms with Gasteiger partial charge in [-0.05, 0) is 50.2 Å². The number of hydrogen-bond donors (Lipinski definition) is 2. The molecule has 1 atom stereocenters. The third kappa shape index (κ3) is 3.29. The van der Waals surface area contributed by atoms with Crippen molar-refractivity contribution in [2.45, 2.75) is 11.4 Å². The summed E-state index contributed by atoms with van der Waals surface area (Å²) in [6.07, 6.45) is 1.26. The molecule has 0 fully saturated rings. The highest BCUT2D eigenvalue weighted by molar-refractivity contribution is 9.13. The smallest absolute Gasteiger partial charge is 0.247 e. The number of aromatic nitrogens is 3. The normalized spacial score (nSPS) is 14.9. The Bertz CT molecular complexity index is 1070. The van der Waals surface area contributed by atoms with E-state index in [9.17, 15) is 5.11 Å². The lowest BCUT2D eigenvalue weighted by atomic mass is 10.1. The number of methoxy groups -OCH3 is 1. The number of thioether (sulfide) groups is 1. The third-order valence-electron chi connectivity index (χ3n) is 4.19. The van der Waals surface area contributed by atoms with Crippen LogP contribution in [0.3, 0.4) is 0 Å². The van der Waals surface area contributed by atoms with E-state index < -0.39 is 6.23 Å². The molecule has 144 valence electrons. The molecule has 0 saturated heterocycles. The van der Waals surface area contributed by atoms with Crippen LogP contribution in [0.4, 0.5) is 5.69 Å². The van der Waals surface area contributed by atoms with Crippen LogP contribution in [-0.4, -0.2) is 33.7 Å². The second-order valence-corrected chi connectivity index (χ2v) is 8.14. The first kappa shape index (κ1) is 19.3. The van der Waals surface area contributed by atoms with Crippen molar-refractivity contribution in [3.63, 3.8) is 0 Å². The number of halogens is 2. The van der Waals surface area contributed by atoms with Gasteiger partial charge in [0.2, 0.25) is 11.0 Å². The molecule has 0 amide bonds. The number of anilines is 1. The molecule has 1 aliphatic rings. The second-order valence-electron chi connectivity index (χ2n) is 5.78. The SMILES string of the molecule is COc1cc(C2Nc3ccccc3-c3nnc(SC)nc3O2)c(Br)c(Br)c1O. The molecule has 10 heteroatoms. The molecule has 7 nitrogen and oxygen atoms in total. The molecule has 0 aliphatic carbocycles. The minimum absolute atomic E-state index is 0.00112. The first-order valence-corrected chi connectivity index (χ1v) is 10.9. The number of phenols is 1. The van der Waals surface area contributed by atoms with Gasteiger partial charge >= 0.3 is 0 Å². The van der Waals surface area contributed by atoms with Crippen LogP contribution in [0.1, 0.15) is 11.8 Å². The minimum atomic E-state index is -0.617. The lowest BCUT2D eigenvalue weighted by molar-refractivity contribution is 0.223. The van der Waals surface area contributed by atoms with Crippen molar-refractivity contribution in [3.8, 4) is 28.6 Å². The molecule has 0 radical (unpaired) electrons. The highest BCUT2D eigenvalue weighted by Gasteiger charge is 2.29. The topological polar surface area (TPSA) is 89.4 Å². The van der Waals surface area contributed by atoms with E-state index in [4.69, 9.17) is 9.47 Å². The van der Waals surface area contributed by atoms with Crippen LogP contribution in [0.5, 0.6) is 17.4 Å². The standard InChI is InChI=1S/C18H14Br2N4O3S/c1-26-11-7-9(12(19)13(20)15(11)25)16-21-10-6-4-3-5-8(10)14-17(27-16)22-18(28-2)24-23-14/h3-7,16,21,25H,1-2H3. The van der Waals surface area contributed by atoms with Crippen molar-refractivity contribution >= 4 is 49.3 Å². The molecular weight excluding hydrogens is 512 g/mol. The van der Waals surface area contributed by atoms with Gasteiger partial charge in [-0.1, -0.05) is 30.0 Å². The van der Waals surface area contributed by atoms with Gasteiger partial charge in [-0.25, -0.2) is 0 Å². The van der Waals surface area contributed by atoms with Crippen molar-refractivity contribution in [2.75, 3.05) is 18.7 Å². The largest absolute Gasteiger partial charge is 0.503 e. The van der Waals surface area contributed by atoms with Crippen LogP contribution >= 0.6 is 43.6 Å². The highest BCUT2D eigenvalue weighted by Crippen LogP contribution is 2.46. The van der Waals surface area contributed by atoms with Crippen LogP contribution in [0.25, 0.3) is 11.3 Å². The quantitative estimate of drug-likeness (QED) is 0.461. The summed E-state index contributed by atoms with van der Waals surface area (Å²) in [6, 6.07) is 9.42. The molecule has 2 aromatic carbocycles. The summed E-state index contributed by atoms with van der Waals surface area (Å²) in [5.74, 6) is 0.692. The first-order chi connectivity index (χ1) is 13.5. The van der Waals surface area contributed by atoms with E-state index in [1.54, 1.807) is 6.07 Å². The highest BCUT2D eigenvalue weighted by atomic mass is 79.9. The number of benzene rings is 2. The molecule has 3 aromatic rings. The molecule has 1 unspecified atom stereocenters. The number of phenolic OH excluding ortho intramolecular Hbond substituents is 1. The van der Waals surface area contributed by atoms with Gasteiger partial charge in [0.05, 0.1) is 11.6 Å². The van der Waals surface area contributed by atoms with Crippen molar-refractivity contribution in [1.82, 2.24) is 15.2 Å². The maximum atomic E-state index is 10.2. The Morgan fingerprint density at radius 2 is 2.00 bits per heavy atom. The van der Waals surface area contributed by atoms with Crippen molar-refractivity contribution in [2.24, 2.45) is 0 Å². The number of nitrogens with one attached hydrogen (secondary N) is 1. The van der Waals surface area contributed by atoms with Gasteiger partial charge in [0.25, 0.3) is 0 Å². The molecule has 2 N–H and O–H groups in total.